The van der Waals surface area contributed by atoms with Gasteiger partial charge in [0.15, 0.2) is 4.77 Å². The SMILES string of the molecule is CC(C)c1n[nH]c(=S)n1CCNC(=O)c1cccnc1Cl. The lowest BCUT2D eigenvalue weighted by Crippen LogP contribution is -2.28. The lowest BCUT2D eigenvalue weighted by molar-refractivity contribution is 0.0952. The lowest BCUT2D eigenvalue weighted by atomic mass is 10.2. The molecule has 21 heavy (non-hydrogen) atoms. The van der Waals surface area contributed by atoms with E-state index in [1.54, 1.807) is 18.3 Å². The van der Waals surface area contributed by atoms with E-state index in [1.807, 2.05) is 18.4 Å². The van der Waals surface area contributed by atoms with Crippen LogP contribution in [0.2, 0.25) is 5.15 Å². The van der Waals surface area contributed by atoms with E-state index in [-0.39, 0.29) is 17.0 Å². The molecule has 0 fully saturated rings. The molecule has 0 aliphatic heterocycles. The van der Waals surface area contributed by atoms with Crippen molar-refractivity contribution in [3.63, 3.8) is 0 Å². The Morgan fingerprint density at radius 3 is 3.00 bits per heavy atom. The first-order valence-electron chi connectivity index (χ1n) is 6.54. The molecule has 0 aliphatic carbocycles. The van der Waals surface area contributed by atoms with Gasteiger partial charge in [-0.05, 0) is 24.4 Å². The Morgan fingerprint density at radius 2 is 2.33 bits per heavy atom. The maximum Gasteiger partial charge on any atom is 0.254 e. The van der Waals surface area contributed by atoms with Crippen LogP contribution >= 0.6 is 23.8 Å². The summed E-state index contributed by atoms with van der Waals surface area (Å²) in [6.07, 6.45) is 1.54. The van der Waals surface area contributed by atoms with Crippen molar-refractivity contribution < 1.29 is 4.79 Å². The van der Waals surface area contributed by atoms with Crippen LogP contribution in [0.25, 0.3) is 0 Å². The zero-order valence-electron chi connectivity index (χ0n) is 11.8. The van der Waals surface area contributed by atoms with Crippen LogP contribution in [-0.4, -0.2) is 32.2 Å². The van der Waals surface area contributed by atoms with Crippen LogP contribution in [0.15, 0.2) is 18.3 Å². The van der Waals surface area contributed by atoms with Gasteiger partial charge in [-0.25, -0.2) is 4.98 Å². The Kier molecular flexibility index (Phi) is 5.08. The number of nitrogens with one attached hydrogen (secondary N) is 2. The van der Waals surface area contributed by atoms with Crippen LogP contribution in [0.1, 0.15) is 35.9 Å². The normalized spacial score (nSPS) is 10.9. The summed E-state index contributed by atoms with van der Waals surface area (Å²) in [5.74, 6) is 0.865. The van der Waals surface area contributed by atoms with Gasteiger partial charge >= 0.3 is 0 Å². The van der Waals surface area contributed by atoms with E-state index in [9.17, 15) is 4.79 Å². The molecule has 112 valence electrons. The van der Waals surface area contributed by atoms with Crippen molar-refractivity contribution in [2.24, 2.45) is 0 Å². The molecule has 0 aliphatic rings. The van der Waals surface area contributed by atoms with Crippen LogP contribution < -0.4 is 5.32 Å². The van der Waals surface area contributed by atoms with E-state index in [1.165, 1.54) is 0 Å². The van der Waals surface area contributed by atoms with Gasteiger partial charge in [0.25, 0.3) is 5.91 Å². The van der Waals surface area contributed by atoms with Crippen LogP contribution in [-0.2, 0) is 6.54 Å². The van der Waals surface area contributed by atoms with Gasteiger partial charge in [0.05, 0.1) is 5.56 Å². The molecular weight excluding hydrogens is 310 g/mol. The maximum atomic E-state index is 12.0. The summed E-state index contributed by atoms with van der Waals surface area (Å²) in [5, 5.41) is 9.95. The molecule has 8 heteroatoms. The Morgan fingerprint density at radius 1 is 1.57 bits per heavy atom. The predicted octanol–water partition coefficient (Wildman–Crippen LogP) is 2.54. The van der Waals surface area contributed by atoms with Crippen LogP contribution in [0.3, 0.4) is 0 Å². The Balaban J connectivity index is 1.99. The number of carbonyl (C=O) groups excluding carboxylic acids is 1. The van der Waals surface area contributed by atoms with Gasteiger partial charge in [0, 0.05) is 25.2 Å². The summed E-state index contributed by atoms with van der Waals surface area (Å²) in [5.41, 5.74) is 0.360. The highest BCUT2D eigenvalue weighted by Gasteiger charge is 2.12. The first-order valence-corrected chi connectivity index (χ1v) is 7.33. The summed E-state index contributed by atoms with van der Waals surface area (Å²) in [4.78, 5) is 15.9. The molecule has 6 nitrogen and oxygen atoms in total. The van der Waals surface area contributed by atoms with Crippen LogP contribution in [0, 0.1) is 4.77 Å². The minimum Gasteiger partial charge on any atom is -0.350 e. The molecular formula is C13H16ClN5OS. The average molecular weight is 326 g/mol. The van der Waals surface area contributed by atoms with Gasteiger partial charge in [0.2, 0.25) is 0 Å². The smallest absolute Gasteiger partial charge is 0.254 e. The molecule has 0 spiro atoms. The van der Waals surface area contributed by atoms with Crippen molar-refractivity contribution in [3.05, 3.63) is 39.6 Å². The van der Waals surface area contributed by atoms with Crippen molar-refractivity contribution in [3.8, 4) is 0 Å². The average Bonchev–Trinajstić information content (AvgIpc) is 2.81. The van der Waals surface area contributed by atoms with Gasteiger partial charge in [-0.2, -0.15) is 5.10 Å². The number of nitrogens with zero attached hydrogens (tertiary/aromatic N) is 3. The summed E-state index contributed by atoms with van der Waals surface area (Å²) >= 11 is 11.1. The second kappa shape index (κ2) is 6.82. The number of rotatable bonds is 5. The van der Waals surface area contributed by atoms with E-state index in [0.717, 1.165) is 5.82 Å². The molecule has 2 heterocycles. The molecule has 0 atom stereocenters. The number of amides is 1. The van der Waals surface area contributed by atoms with E-state index < -0.39 is 0 Å². The molecule has 0 saturated carbocycles. The number of halogens is 1. The van der Waals surface area contributed by atoms with Gasteiger partial charge in [-0.3, -0.25) is 9.89 Å². The summed E-state index contributed by atoms with van der Waals surface area (Å²) in [6, 6.07) is 3.30. The second-order valence-corrected chi connectivity index (χ2v) is 5.54. The number of carbonyl (C=O) groups is 1. The first-order chi connectivity index (χ1) is 10.0. The van der Waals surface area contributed by atoms with Crippen molar-refractivity contribution in [2.75, 3.05) is 6.54 Å². The van der Waals surface area contributed by atoms with Crippen molar-refractivity contribution >= 4 is 29.7 Å². The Labute approximate surface area is 132 Å². The standard InChI is InChI=1S/C13H16ClN5OS/c1-8(2)11-17-18-13(21)19(11)7-6-16-12(20)9-4-3-5-15-10(9)14/h3-5,8H,6-7H2,1-2H3,(H,16,20)(H,18,21). The van der Waals surface area contributed by atoms with Gasteiger partial charge < -0.3 is 9.88 Å². The van der Waals surface area contributed by atoms with Crippen molar-refractivity contribution in [1.82, 2.24) is 25.1 Å². The largest absolute Gasteiger partial charge is 0.350 e. The Bertz CT molecular complexity index is 694. The minimum atomic E-state index is -0.255. The number of aromatic amines is 1. The summed E-state index contributed by atoms with van der Waals surface area (Å²) < 4.78 is 2.43. The van der Waals surface area contributed by atoms with Crippen molar-refractivity contribution in [2.45, 2.75) is 26.3 Å². The highest BCUT2D eigenvalue weighted by atomic mass is 35.5. The fraction of sp³-hybridized carbons (Fsp3) is 0.385. The highest BCUT2D eigenvalue weighted by Crippen LogP contribution is 2.12. The molecule has 0 saturated heterocycles. The molecule has 2 aromatic heterocycles. The number of aromatic nitrogens is 4. The zero-order valence-corrected chi connectivity index (χ0v) is 13.3. The fourth-order valence-corrected chi connectivity index (χ4v) is 2.35. The molecule has 0 radical (unpaired) electrons. The molecule has 0 bridgehead atoms. The maximum absolute atomic E-state index is 12.0. The zero-order chi connectivity index (χ0) is 15.4. The molecule has 2 aromatic rings. The molecule has 2 rings (SSSR count). The van der Waals surface area contributed by atoms with Crippen LogP contribution in [0.4, 0.5) is 0 Å². The Hall–Kier alpha value is -1.73. The van der Waals surface area contributed by atoms with Gasteiger partial charge in [-0.15, -0.1) is 0 Å². The topological polar surface area (TPSA) is 75.6 Å². The predicted molar refractivity (Wildman–Crippen MR) is 83.1 cm³/mol. The molecule has 0 aromatic carbocycles. The minimum absolute atomic E-state index is 0.192. The van der Waals surface area contributed by atoms with Gasteiger partial charge in [-0.1, -0.05) is 25.4 Å². The highest BCUT2D eigenvalue weighted by molar-refractivity contribution is 7.71. The molecule has 1 amide bonds. The number of hydrogen-bond donors (Lipinski definition) is 2. The first kappa shape index (κ1) is 15.7. The second-order valence-electron chi connectivity index (χ2n) is 4.79. The lowest BCUT2D eigenvalue weighted by Gasteiger charge is -2.10. The third kappa shape index (κ3) is 3.68. The van der Waals surface area contributed by atoms with E-state index >= 15 is 0 Å². The van der Waals surface area contributed by atoms with Gasteiger partial charge in [0.1, 0.15) is 11.0 Å². The summed E-state index contributed by atoms with van der Waals surface area (Å²) in [7, 11) is 0. The van der Waals surface area contributed by atoms with E-state index in [0.29, 0.717) is 23.4 Å². The summed E-state index contributed by atoms with van der Waals surface area (Å²) in [6.45, 7) is 5.05. The van der Waals surface area contributed by atoms with E-state index in [4.69, 9.17) is 23.8 Å². The number of pyridine rings is 1. The number of H-pyrrole nitrogens is 1. The van der Waals surface area contributed by atoms with Crippen molar-refractivity contribution in [1.29, 1.82) is 0 Å². The third-order valence-electron chi connectivity index (χ3n) is 2.93. The number of hydrogen-bond acceptors (Lipinski definition) is 4. The monoisotopic (exact) mass is 325 g/mol. The molecule has 0 unspecified atom stereocenters. The third-order valence-corrected chi connectivity index (χ3v) is 3.54. The van der Waals surface area contributed by atoms with E-state index in [2.05, 4.69) is 20.5 Å². The fourth-order valence-electron chi connectivity index (χ4n) is 1.92. The quantitative estimate of drug-likeness (QED) is 0.654. The van der Waals surface area contributed by atoms with Crippen LogP contribution in [0.5, 0.6) is 0 Å². The molecule has 2 N–H and O–H groups in total.